The van der Waals surface area contributed by atoms with Crippen LogP contribution in [0.2, 0.25) is 0 Å². The van der Waals surface area contributed by atoms with Gasteiger partial charge in [-0.15, -0.1) is 0 Å². The fourth-order valence-electron chi connectivity index (χ4n) is 2.59. The molecule has 1 aliphatic rings. The Bertz CT molecular complexity index is 342. The first-order chi connectivity index (χ1) is 10.4. The van der Waals surface area contributed by atoms with Crippen LogP contribution < -0.4 is 5.32 Å². The van der Waals surface area contributed by atoms with Gasteiger partial charge in [0.25, 0.3) is 0 Å². The fraction of sp³-hybridized carbons (Fsp3) is 0.929. The molecule has 22 heavy (non-hydrogen) atoms. The average Bonchev–Trinajstić information content (AvgIpc) is 2.79. The summed E-state index contributed by atoms with van der Waals surface area (Å²) < 4.78 is 10.4. The van der Waals surface area contributed by atoms with E-state index in [2.05, 4.69) is 10.2 Å². The summed E-state index contributed by atoms with van der Waals surface area (Å²) in [6.45, 7) is 1.60. The molecule has 4 unspecified atom stereocenters. The van der Waals surface area contributed by atoms with Crippen LogP contribution in [0.5, 0.6) is 0 Å². The number of likely N-dealkylation sites (N-methyl/N-ethyl adjacent to an activating group) is 2. The third-order valence-corrected chi connectivity index (χ3v) is 3.83. The second-order valence-electron chi connectivity index (χ2n) is 5.90. The molecule has 8 nitrogen and oxygen atoms in total. The Morgan fingerprint density at radius 3 is 2.50 bits per heavy atom. The lowest BCUT2D eigenvalue weighted by molar-refractivity contribution is -0.125. The maximum atomic E-state index is 11.5. The minimum absolute atomic E-state index is 0.0141. The van der Waals surface area contributed by atoms with Crippen LogP contribution in [0.15, 0.2) is 0 Å². The molecule has 4 atom stereocenters. The molecular formula is C14H29N3O5. The number of hydrogen-bond donors (Lipinski definition) is 3. The van der Waals surface area contributed by atoms with Crippen LogP contribution in [-0.4, -0.2) is 111 Å². The molecule has 0 spiro atoms. The number of nitrogens with zero attached hydrogens (tertiary/aromatic N) is 2. The summed E-state index contributed by atoms with van der Waals surface area (Å²) in [7, 11) is 7.32. The molecule has 1 aliphatic heterocycles. The van der Waals surface area contributed by atoms with Gasteiger partial charge in [0.05, 0.1) is 18.8 Å². The molecule has 0 aromatic heterocycles. The van der Waals surface area contributed by atoms with E-state index in [4.69, 9.17) is 9.47 Å². The lowest BCUT2D eigenvalue weighted by atomic mass is 10.0. The first-order valence-electron chi connectivity index (χ1n) is 7.45. The highest BCUT2D eigenvalue weighted by atomic mass is 16.5. The van der Waals surface area contributed by atoms with Crippen LogP contribution in [0, 0.1) is 0 Å². The van der Waals surface area contributed by atoms with Crippen molar-refractivity contribution in [1.29, 1.82) is 0 Å². The molecule has 1 heterocycles. The first kappa shape index (κ1) is 19.3. The summed E-state index contributed by atoms with van der Waals surface area (Å²) in [5.74, 6) is -0.234. The summed E-state index contributed by atoms with van der Waals surface area (Å²) in [6.07, 6.45) is -1.79. The number of aliphatic hydroxyl groups is 2. The van der Waals surface area contributed by atoms with Crippen molar-refractivity contribution >= 4 is 5.91 Å². The minimum Gasteiger partial charge on any atom is -0.394 e. The van der Waals surface area contributed by atoms with Gasteiger partial charge >= 0.3 is 0 Å². The van der Waals surface area contributed by atoms with Crippen LogP contribution in [0.3, 0.4) is 0 Å². The van der Waals surface area contributed by atoms with Crippen molar-refractivity contribution < 1.29 is 24.5 Å². The summed E-state index contributed by atoms with van der Waals surface area (Å²) >= 11 is 0. The summed E-state index contributed by atoms with van der Waals surface area (Å²) in [6, 6.07) is -0.278. The molecular weight excluding hydrogens is 290 g/mol. The van der Waals surface area contributed by atoms with E-state index in [0.29, 0.717) is 0 Å². The molecule has 0 aliphatic carbocycles. The number of rotatable bonds is 9. The predicted molar refractivity (Wildman–Crippen MR) is 81.6 cm³/mol. The van der Waals surface area contributed by atoms with Crippen LogP contribution in [0.4, 0.5) is 0 Å². The van der Waals surface area contributed by atoms with E-state index >= 15 is 0 Å². The SMILES string of the molecule is COCC(=O)NCC1OC(CO)C(O)C1N(C)CCN(C)C. The van der Waals surface area contributed by atoms with Crippen molar-refractivity contribution in [2.45, 2.75) is 24.4 Å². The van der Waals surface area contributed by atoms with Crippen molar-refractivity contribution in [2.75, 3.05) is 61.1 Å². The first-order valence-corrected chi connectivity index (χ1v) is 7.45. The molecule has 0 saturated carbocycles. The molecule has 0 bridgehead atoms. The smallest absolute Gasteiger partial charge is 0.246 e. The molecule has 0 aromatic rings. The van der Waals surface area contributed by atoms with Crippen LogP contribution in [0.1, 0.15) is 0 Å². The van der Waals surface area contributed by atoms with Crippen molar-refractivity contribution in [3.8, 4) is 0 Å². The van der Waals surface area contributed by atoms with E-state index in [1.807, 2.05) is 26.0 Å². The fourth-order valence-corrected chi connectivity index (χ4v) is 2.59. The lowest BCUT2D eigenvalue weighted by Gasteiger charge is -2.31. The van der Waals surface area contributed by atoms with E-state index in [1.54, 1.807) is 0 Å². The number of aliphatic hydroxyl groups excluding tert-OH is 2. The molecule has 8 heteroatoms. The number of ether oxygens (including phenoxy) is 2. The van der Waals surface area contributed by atoms with Gasteiger partial charge in [-0.05, 0) is 21.1 Å². The molecule has 1 saturated heterocycles. The molecule has 1 rings (SSSR count). The van der Waals surface area contributed by atoms with Crippen molar-refractivity contribution in [3.05, 3.63) is 0 Å². The maximum absolute atomic E-state index is 11.5. The van der Waals surface area contributed by atoms with Crippen molar-refractivity contribution in [1.82, 2.24) is 15.1 Å². The number of methoxy groups -OCH3 is 1. The van der Waals surface area contributed by atoms with Gasteiger partial charge in [-0.25, -0.2) is 0 Å². The number of nitrogens with one attached hydrogen (secondary N) is 1. The zero-order valence-electron chi connectivity index (χ0n) is 13.9. The average molecular weight is 319 g/mol. The van der Waals surface area contributed by atoms with Gasteiger partial charge in [-0.3, -0.25) is 9.69 Å². The Morgan fingerprint density at radius 1 is 1.27 bits per heavy atom. The quantitative estimate of drug-likeness (QED) is 0.441. The van der Waals surface area contributed by atoms with E-state index in [0.717, 1.165) is 13.1 Å². The highest BCUT2D eigenvalue weighted by Crippen LogP contribution is 2.24. The Morgan fingerprint density at radius 2 is 1.95 bits per heavy atom. The van der Waals surface area contributed by atoms with Gasteiger partial charge in [-0.1, -0.05) is 0 Å². The van der Waals surface area contributed by atoms with Crippen molar-refractivity contribution in [3.63, 3.8) is 0 Å². The number of carbonyl (C=O) groups is 1. The van der Waals surface area contributed by atoms with Gasteiger partial charge in [0.1, 0.15) is 18.8 Å². The molecule has 3 N–H and O–H groups in total. The molecule has 1 fully saturated rings. The van der Waals surface area contributed by atoms with Gasteiger partial charge in [-0.2, -0.15) is 0 Å². The van der Waals surface area contributed by atoms with Gasteiger partial charge in [0, 0.05) is 26.7 Å². The van der Waals surface area contributed by atoms with E-state index in [-0.39, 0.29) is 37.8 Å². The highest BCUT2D eigenvalue weighted by molar-refractivity contribution is 5.77. The normalized spacial score (nSPS) is 28.5. The van der Waals surface area contributed by atoms with Crippen LogP contribution in [0.25, 0.3) is 0 Å². The summed E-state index contributed by atoms with van der Waals surface area (Å²) in [5.41, 5.74) is 0. The van der Waals surface area contributed by atoms with Gasteiger partial charge in [0.15, 0.2) is 0 Å². The zero-order chi connectivity index (χ0) is 16.7. The molecule has 0 aromatic carbocycles. The minimum atomic E-state index is -0.790. The predicted octanol–water partition coefficient (Wildman–Crippen LogP) is -2.27. The third-order valence-electron chi connectivity index (χ3n) is 3.83. The Labute approximate surface area is 132 Å². The molecule has 130 valence electrons. The Balaban J connectivity index is 2.63. The maximum Gasteiger partial charge on any atom is 0.246 e. The monoisotopic (exact) mass is 319 g/mol. The Kier molecular flexibility index (Phi) is 8.23. The zero-order valence-corrected chi connectivity index (χ0v) is 13.9. The molecule has 0 radical (unpaired) electrons. The largest absolute Gasteiger partial charge is 0.394 e. The highest BCUT2D eigenvalue weighted by Gasteiger charge is 2.45. The van der Waals surface area contributed by atoms with Crippen LogP contribution in [-0.2, 0) is 14.3 Å². The second kappa shape index (κ2) is 9.39. The van der Waals surface area contributed by atoms with Gasteiger partial charge in [0.2, 0.25) is 5.91 Å². The Hall–Kier alpha value is -0.770. The second-order valence-corrected chi connectivity index (χ2v) is 5.90. The number of amides is 1. The van der Waals surface area contributed by atoms with E-state index < -0.39 is 12.2 Å². The standard InChI is InChI=1S/C14H29N3O5/c1-16(2)5-6-17(3)13-10(7-15-12(19)9-21-4)22-11(8-18)14(13)20/h10-11,13-14,18,20H,5-9H2,1-4H3,(H,15,19). The third kappa shape index (κ3) is 5.45. The summed E-state index contributed by atoms with van der Waals surface area (Å²) in [5, 5.41) is 22.4. The topological polar surface area (TPSA) is 94.5 Å². The number of hydrogen-bond acceptors (Lipinski definition) is 7. The van der Waals surface area contributed by atoms with E-state index in [1.165, 1.54) is 7.11 Å². The van der Waals surface area contributed by atoms with E-state index in [9.17, 15) is 15.0 Å². The number of carbonyl (C=O) groups excluding carboxylic acids is 1. The molecule has 1 amide bonds. The van der Waals surface area contributed by atoms with Gasteiger partial charge < -0.3 is 29.9 Å². The van der Waals surface area contributed by atoms with Crippen LogP contribution >= 0.6 is 0 Å². The summed E-state index contributed by atoms with van der Waals surface area (Å²) in [4.78, 5) is 15.6. The van der Waals surface area contributed by atoms with Crippen molar-refractivity contribution in [2.24, 2.45) is 0 Å². The lowest BCUT2D eigenvalue weighted by Crippen LogP contribution is -2.51.